The lowest BCUT2D eigenvalue weighted by molar-refractivity contribution is -0.160. The molecule has 88 valence electrons. The van der Waals surface area contributed by atoms with E-state index >= 15 is 0 Å². The van der Waals surface area contributed by atoms with E-state index in [9.17, 15) is 4.79 Å². The van der Waals surface area contributed by atoms with Gasteiger partial charge in [0.05, 0.1) is 0 Å². The van der Waals surface area contributed by atoms with Gasteiger partial charge in [-0.3, -0.25) is 4.79 Å². The Labute approximate surface area is 97.1 Å². The van der Waals surface area contributed by atoms with Gasteiger partial charge in [-0.2, -0.15) is 0 Å². The molecule has 2 heteroatoms. The number of hydrogen-bond donors (Lipinski definition) is 0. The van der Waals surface area contributed by atoms with Crippen molar-refractivity contribution in [3.05, 3.63) is 12.2 Å². The fourth-order valence-corrected chi connectivity index (χ4v) is 4.50. The number of fused-ring (bicyclic) bond motifs is 5. The average Bonchev–Trinajstić information content (AvgIpc) is 2.69. The molecule has 16 heavy (non-hydrogen) atoms. The Hall–Kier alpha value is -0.790. The molecule has 0 aromatic rings. The molecular formula is C14H20O2. The van der Waals surface area contributed by atoms with E-state index in [0.29, 0.717) is 0 Å². The third-order valence-electron chi connectivity index (χ3n) is 4.79. The van der Waals surface area contributed by atoms with Crippen LogP contribution in [0.1, 0.15) is 39.5 Å². The van der Waals surface area contributed by atoms with Gasteiger partial charge in [-0.25, -0.2) is 0 Å². The molecule has 0 N–H and O–H groups in total. The second-order valence-electron chi connectivity index (χ2n) is 6.11. The fraction of sp³-hybridized carbons (Fsp3) is 0.786. The zero-order valence-corrected chi connectivity index (χ0v) is 10.1. The van der Waals surface area contributed by atoms with E-state index in [0.717, 1.165) is 36.5 Å². The van der Waals surface area contributed by atoms with Crippen molar-refractivity contribution in [1.29, 1.82) is 0 Å². The summed E-state index contributed by atoms with van der Waals surface area (Å²) in [5.74, 6) is 3.05. The molecule has 0 spiro atoms. The summed E-state index contributed by atoms with van der Waals surface area (Å²) < 4.78 is 5.56. The van der Waals surface area contributed by atoms with Crippen LogP contribution in [0.15, 0.2) is 12.2 Å². The number of allylic oxidation sites excluding steroid dienone is 2. The SMILES string of the molecule is CC(=O)O[C@]1(C)CC2CC(C1)C1CC=CC21. The van der Waals surface area contributed by atoms with Crippen molar-refractivity contribution in [2.75, 3.05) is 0 Å². The van der Waals surface area contributed by atoms with Gasteiger partial charge in [0.15, 0.2) is 0 Å². The van der Waals surface area contributed by atoms with Gasteiger partial charge in [0.1, 0.15) is 5.60 Å². The molecule has 0 saturated heterocycles. The van der Waals surface area contributed by atoms with Crippen molar-refractivity contribution in [3.8, 4) is 0 Å². The number of carbonyl (C=O) groups is 1. The molecule has 0 aromatic heterocycles. The van der Waals surface area contributed by atoms with E-state index in [4.69, 9.17) is 4.74 Å². The average molecular weight is 220 g/mol. The zero-order valence-electron chi connectivity index (χ0n) is 10.1. The van der Waals surface area contributed by atoms with Crippen molar-refractivity contribution in [2.45, 2.75) is 45.1 Å². The smallest absolute Gasteiger partial charge is 0.303 e. The van der Waals surface area contributed by atoms with Gasteiger partial charge in [-0.15, -0.1) is 0 Å². The van der Waals surface area contributed by atoms with Gasteiger partial charge in [-0.05, 0) is 56.3 Å². The van der Waals surface area contributed by atoms with Crippen molar-refractivity contribution in [2.24, 2.45) is 23.7 Å². The molecule has 0 aromatic carbocycles. The van der Waals surface area contributed by atoms with Crippen LogP contribution in [0.2, 0.25) is 0 Å². The molecule has 4 unspecified atom stereocenters. The Morgan fingerprint density at radius 2 is 2.12 bits per heavy atom. The van der Waals surface area contributed by atoms with Gasteiger partial charge in [0.25, 0.3) is 0 Å². The number of esters is 1. The lowest BCUT2D eigenvalue weighted by Crippen LogP contribution is -2.38. The number of carbonyl (C=O) groups excluding carboxylic acids is 1. The Balaban J connectivity index is 1.80. The maximum absolute atomic E-state index is 11.2. The van der Waals surface area contributed by atoms with E-state index in [1.165, 1.54) is 19.8 Å². The van der Waals surface area contributed by atoms with Crippen LogP contribution in [0, 0.1) is 23.7 Å². The van der Waals surface area contributed by atoms with Crippen molar-refractivity contribution < 1.29 is 9.53 Å². The topological polar surface area (TPSA) is 26.3 Å². The molecule has 0 aliphatic heterocycles. The standard InChI is InChI=1S/C14H20O2/c1-9(15)16-14(2)7-10-6-11(8-14)13-5-3-4-12(10)13/h3-4,10-13H,5-8H2,1-2H3/t10?,11?,12?,13?,14-/m1/s1. The summed E-state index contributed by atoms with van der Waals surface area (Å²) in [6.07, 6.45) is 9.51. The summed E-state index contributed by atoms with van der Waals surface area (Å²) >= 11 is 0. The largest absolute Gasteiger partial charge is 0.460 e. The molecule has 0 amide bonds. The predicted molar refractivity (Wildman–Crippen MR) is 61.7 cm³/mol. The van der Waals surface area contributed by atoms with Crippen molar-refractivity contribution in [3.63, 3.8) is 0 Å². The Morgan fingerprint density at radius 1 is 1.38 bits per heavy atom. The third-order valence-corrected chi connectivity index (χ3v) is 4.79. The minimum Gasteiger partial charge on any atom is -0.460 e. The summed E-state index contributed by atoms with van der Waals surface area (Å²) in [4.78, 5) is 11.2. The summed E-state index contributed by atoms with van der Waals surface area (Å²) in [6, 6.07) is 0. The highest BCUT2D eigenvalue weighted by atomic mass is 16.6. The first-order valence-corrected chi connectivity index (χ1v) is 6.44. The minimum absolute atomic E-state index is 0.121. The molecule has 2 saturated carbocycles. The summed E-state index contributed by atoms with van der Waals surface area (Å²) in [6.45, 7) is 3.65. The van der Waals surface area contributed by atoms with Crippen LogP contribution >= 0.6 is 0 Å². The molecule has 0 heterocycles. The molecule has 2 bridgehead atoms. The molecule has 0 radical (unpaired) electrons. The molecule has 2 fully saturated rings. The first kappa shape index (κ1) is 10.4. The van der Waals surface area contributed by atoms with E-state index in [1.807, 2.05) is 0 Å². The van der Waals surface area contributed by atoms with Crippen LogP contribution in [0.5, 0.6) is 0 Å². The van der Waals surface area contributed by atoms with Gasteiger partial charge in [0.2, 0.25) is 0 Å². The highest BCUT2D eigenvalue weighted by molar-refractivity contribution is 5.66. The zero-order chi connectivity index (χ0) is 11.3. The molecule has 2 nitrogen and oxygen atoms in total. The lowest BCUT2D eigenvalue weighted by atomic mass is 9.76. The predicted octanol–water partition coefficient (Wildman–Crippen LogP) is 2.93. The maximum atomic E-state index is 11.2. The quantitative estimate of drug-likeness (QED) is 0.501. The summed E-state index contributed by atoms with van der Waals surface area (Å²) in [5, 5.41) is 0. The minimum atomic E-state index is -0.183. The van der Waals surface area contributed by atoms with Crippen LogP contribution in [-0.2, 0) is 9.53 Å². The van der Waals surface area contributed by atoms with Gasteiger partial charge in [0, 0.05) is 6.92 Å². The Kier molecular flexibility index (Phi) is 2.17. The second kappa shape index (κ2) is 3.35. The van der Waals surface area contributed by atoms with Crippen LogP contribution in [-0.4, -0.2) is 11.6 Å². The number of hydrogen-bond acceptors (Lipinski definition) is 2. The van der Waals surface area contributed by atoms with Crippen LogP contribution in [0.4, 0.5) is 0 Å². The highest BCUT2D eigenvalue weighted by Crippen LogP contribution is 2.57. The Bertz CT molecular complexity index is 347. The third kappa shape index (κ3) is 1.50. The first-order valence-electron chi connectivity index (χ1n) is 6.44. The van der Waals surface area contributed by atoms with Crippen LogP contribution in [0.25, 0.3) is 0 Å². The second-order valence-corrected chi connectivity index (χ2v) is 6.11. The van der Waals surface area contributed by atoms with Gasteiger partial charge < -0.3 is 4.74 Å². The van der Waals surface area contributed by atoms with Crippen molar-refractivity contribution in [1.82, 2.24) is 0 Å². The Morgan fingerprint density at radius 3 is 2.88 bits per heavy atom. The fourth-order valence-electron chi connectivity index (χ4n) is 4.50. The van der Waals surface area contributed by atoms with E-state index in [2.05, 4.69) is 19.1 Å². The normalized spacial score (nSPS) is 49.1. The van der Waals surface area contributed by atoms with E-state index in [1.54, 1.807) is 0 Å². The molecule has 3 rings (SSSR count). The first-order chi connectivity index (χ1) is 7.57. The van der Waals surface area contributed by atoms with Crippen LogP contribution in [0.3, 0.4) is 0 Å². The molecule has 5 atom stereocenters. The van der Waals surface area contributed by atoms with Gasteiger partial charge in [-0.1, -0.05) is 12.2 Å². The number of ether oxygens (including phenoxy) is 1. The van der Waals surface area contributed by atoms with E-state index < -0.39 is 0 Å². The lowest BCUT2D eigenvalue weighted by Gasteiger charge is -2.37. The summed E-state index contributed by atoms with van der Waals surface area (Å²) in [7, 11) is 0. The van der Waals surface area contributed by atoms with Crippen LogP contribution < -0.4 is 0 Å². The highest BCUT2D eigenvalue weighted by Gasteiger charge is 2.52. The number of rotatable bonds is 1. The van der Waals surface area contributed by atoms with Crippen molar-refractivity contribution >= 4 is 5.97 Å². The molecule has 3 aliphatic carbocycles. The molecule has 3 aliphatic rings. The van der Waals surface area contributed by atoms with E-state index in [-0.39, 0.29) is 11.6 Å². The monoisotopic (exact) mass is 220 g/mol. The molecular weight excluding hydrogens is 200 g/mol. The van der Waals surface area contributed by atoms with Gasteiger partial charge >= 0.3 is 5.97 Å². The summed E-state index contributed by atoms with van der Waals surface area (Å²) in [5.41, 5.74) is -0.183. The maximum Gasteiger partial charge on any atom is 0.303 e.